The van der Waals surface area contributed by atoms with Crippen molar-refractivity contribution in [1.29, 1.82) is 0 Å². The Morgan fingerprint density at radius 1 is 1.11 bits per heavy atom. The van der Waals surface area contributed by atoms with E-state index < -0.39 is 0 Å². The molecule has 1 fully saturated rings. The summed E-state index contributed by atoms with van der Waals surface area (Å²) in [7, 11) is 0. The van der Waals surface area contributed by atoms with Crippen molar-refractivity contribution in [2.24, 2.45) is 16.7 Å². The molecule has 0 aromatic carbocycles. The fraction of sp³-hybridized carbons (Fsp3) is 1.00. The van der Waals surface area contributed by atoms with Gasteiger partial charge in [-0.2, -0.15) is 0 Å². The Bertz CT molecular complexity index is 212. The van der Waals surface area contributed by atoms with E-state index in [4.69, 9.17) is 0 Å². The van der Waals surface area contributed by atoms with Gasteiger partial charge in [-0.15, -0.1) is 0 Å². The topological polar surface area (TPSA) is 12.0 Å². The van der Waals surface area contributed by atoms with Crippen molar-refractivity contribution in [3.63, 3.8) is 0 Å². The van der Waals surface area contributed by atoms with Crippen LogP contribution in [0.15, 0.2) is 0 Å². The van der Waals surface area contributed by atoms with Gasteiger partial charge in [0.15, 0.2) is 0 Å². The number of hydrogen-bond acceptors (Lipinski definition) is 1. The molecular weight excluding hydrogens is 218 g/mol. The van der Waals surface area contributed by atoms with Gasteiger partial charge in [0.05, 0.1) is 0 Å². The van der Waals surface area contributed by atoms with Gasteiger partial charge in [0.1, 0.15) is 0 Å². The van der Waals surface area contributed by atoms with Crippen LogP contribution in [0.1, 0.15) is 81.1 Å². The molecule has 0 unspecified atom stereocenters. The van der Waals surface area contributed by atoms with Crippen LogP contribution in [-0.2, 0) is 0 Å². The van der Waals surface area contributed by atoms with E-state index in [1.165, 1.54) is 25.7 Å². The third kappa shape index (κ3) is 7.41. The second kappa shape index (κ2) is 7.53. The molecule has 1 heteroatoms. The predicted molar refractivity (Wildman–Crippen MR) is 84.0 cm³/mol. The van der Waals surface area contributed by atoms with Crippen LogP contribution in [0, 0.1) is 16.7 Å². The molecule has 1 N–H and O–H groups in total. The first-order valence-electron chi connectivity index (χ1n) is 7.85. The zero-order chi connectivity index (χ0) is 14.4. The number of rotatable bonds is 2. The predicted octanol–water partition coefficient (Wildman–Crippen LogP) is 5.25. The zero-order valence-corrected chi connectivity index (χ0v) is 14.2. The molecule has 1 aliphatic rings. The van der Waals surface area contributed by atoms with E-state index in [1.807, 2.05) is 0 Å². The van der Waals surface area contributed by atoms with Gasteiger partial charge in [-0.25, -0.2) is 0 Å². The third-order valence-corrected chi connectivity index (χ3v) is 3.98. The molecule has 1 rings (SSSR count). The van der Waals surface area contributed by atoms with E-state index in [2.05, 4.69) is 60.7 Å². The highest BCUT2D eigenvalue weighted by Gasteiger charge is 2.33. The second-order valence-corrected chi connectivity index (χ2v) is 8.02. The van der Waals surface area contributed by atoms with Crippen LogP contribution in [0.3, 0.4) is 0 Å². The quantitative estimate of drug-likeness (QED) is 0.710. The Kier molecular flexibility index (Phi) is 7.51. The lowest BCUT2D eigenvalue weighted by atomic mass is 9.68. The first-order chi connectivity index (χ1) is 8.12. The monoisotopic (exact) mass is 255 g/mol. The minimum Gasteiger partial charge on any atom is -0.313 e. The Morgan fingerprint density at radius 2 is 1.61 bits per heavy atom. The zero-order valence-electron chi connectivity index (χ0n) is 14.2. The number of hydrogen-bond donors (Lipinski definition) is 1. The summed E-state index contributed by atoms with van der Waals surface area (Å²) in [6, 6.07) is 0.746. The minimum absolute atomic E-state index is 0.410. The Hall–Kier alpha value is -0.0400. The lowest BCUT2D eigenvalue weighted by molar-refractivity contribution is 0.119. The molecule has 0 heterocycles. The Labute approximate surface area is 116 Å². The highest BCUT2D eigenvalue weighted by Crippen LogP contribution is 2.40. The summed E-state index contributed by atoms with van der Waals surface area (Å²) in [5.74, 6) is 0.880. The minimum atomic E-state index is 0.410. The largest absolute Gasteiger partial charge is 0.313 e. The normalized spacial score (nSPS) is 27.3. The van der Waals surface area contributed by atoms with Gasteiger partial charge in [-0.3, -0.25) is 0 Å². The maximum absolute atomic E-state index is 3.74. The molecule has 1 saturated carbocycles. The molecule has 18 heavy (non-hydrogen) atoms. The van der Waals surface area contributed by atoms with Crippen LogP contribution in [0.25, 0.3) is 0 Å². The lowest BCUT2D eigenvalue weighted by Gasteiger charge is -2.41. The smallest absolute Gasteiger partial charge is 0.00725 e. The molecule has 0 aliphatic heterocycles. The maximum Gasteiger partial charge on any atom is 0.00725 e. The molecule has 2 atom stereocenters. The van der Waals surface area contributed by atoms with Crippen molar-refractivity contribution in [2.75, 3.05) is 6.54 Å². The fourth-order valence-electron chi connectivity index (χ4n) is 2.40. The average Bonchev–Trinajstić information content (AvgIpc) is 2.20. The summed E-state index contributed by atoms with van der Waals surface area (Å²) in [6.07, 6.45) is 5.33. The van der Waals surface area contributed by atoms with Gasteiger partial charge in [0.25, 0.3) is 0 Å². The second-order valence-electron chi connectivity index (χ2n) is 8.02. The summed E-state index contributed by atoms with van der Waals surface area (Å²) in [5.41, 5.74) is 0.932. The molecule has 1 nitrogen and oxygen atoms in total. The summed E-state index contributed by atoms with van der Waals surface area (Å²) < 4.78 is 0. The van der Waals surface area contributed by atoms with Crippen molar-refractivity contribution in [1.82, 2.24) is 5.32 Å². The van der Waals surface area contributed by atoms with Gasteiger partial charge in [0, 0.05) is 12.6 Å². The van der Waals surface area contributed by atoms with Crippen LogP contribution in [-0.4, -0.2) is 12.6 Å². The van der Waals surface area contributed by atoms with Gasteiger partial charge in [-0.1, -0.05) is 61.8 Å². The number of nitrogens with one attached hydrogen (secondary N) is 1. The molecule has 1 aliphatic carbocycles. The van der Waals surface area contributed by atoms with Gasteiger partial charge in [-0.05, 0) is 36.0 Å². The summed E-state index contributed by atoms with van der Waals surface area (Å²) in [6.45, 7) is 19.5. The molecule has 0 bridgehead atoms. The fourth-order valence-corrected chi connectivity index (χ4v) is 2.40. The molecule has 110 valence electrons. The van der Waals surface area contributed by atoms with E-state index in [0.29, 0.717) is 10.8 Å². The van der Waals surface area contributed by atoms with Gasteiger partial charge < -0.3 is 5.32 Å². The van der Waals surface area contributed by atoms with Crippen LogP contribution >= 0.6 is 0 Å². The van der Waals surface area contributed by atoms with Crippen LogP contribution in [0.4, 0.5) is 0 Å². The van der Waals surface area contributed by atoms with Gasteiger partial charge >= 0.3 is 0 Å². The van der Waals surface area contributed by atoms with Crippen molar-refractivity contribution >= 4 is 0 Å². The van der Waals surface area contributed by atoms with Crippen molar-refractivity contribution in [3.8, 4) is 0 Å². The molecule has 0 amide bonds. The lowest BCUT2D eigenvalue weighted by Crippen LogP contribution is -2.43. The van der Waals surface area contributed by atoms with Crippen LogP contribution < -0.4 is 5.32 Å². The molecule has 0 saturated heterocycles. The van der Waals surface area contributed by atoms with Crippen molar-refractivity contribution < 1.29 is 0 Å². The van der Waals surface area contributed by atoms with E-state index >= 15 is 0 Å². The first kappa shape index (κ1) is 18.0. The Balaban J connectivity index is 0.000000873. The molecule has 0 spiro atoms. The third-order valence-electron chi connectivity index (χ3n) is 3.98. The molecule has 0 radical (unpaired) electrons. The van der Waals surface area contributed by atoms with E-state index in [1.54, 1.807) is 0 Å². The van der Waals surface area contributed by atoms with Crippen LogP contribution in [0.2, 0.25) is 0 Å². The SMILES string of the molecule is CCC.C[C@H]1CC[C@@H](NCC(C)(C)C)CC1(C)C. The Morgan fingerprint density at radius 3 is 2.00 bits per heavy atom. The summed E-state index contributed by atoms with van der Waals surface area (Å²) in [4.78, 5) is 0. The molecule has 0 aromatic heterocycles. The van der Waals surface area contributed by atoms with Crippen molar-refractivity contribution in [2.45, 2.75) is 87.1 Å². The van der Waals surface area contributed by atoms with Gasteiger partial charge in [0.2, 0.25) is 0 Å². The standard InChI is InChI=1S/C14H29N.C3H8/c1-11-7-8-12(9-14(11,5)6)15-10-13(2,3)4;1-3-2/h11-12,15H,7-10H2,1-6H3;3H2,1-2H3/t11-,12+;/m0./s1. The van der Waals surface area contributed by atoms with E-state index in [-0.39, 0.29) is 0 Å². The average molecular weight is 255 g/mol. The van der Waals surface area contributed by atoms with Crippen LogP contribution in [0.5, 0.6) is 0 Å². The van der Waals surface area contributed by atoms with E-state index in [0.717, 1.165) is 18.5 Å². The molecule has 0 aromatic rings. The summed E-state index contributed by atoms with van der Waals surface area (Å²) in [5, 5.41) is 3.74. The highest BCUT2D eigenvalue weighted by molar-refractivity contribution is 4.88. The van der Waals surface area contributed by atoms with E-state index in [9.17, 15) is 0 Å². The maximum atomic E-state index is 3.74. The van der Waals surface area contributed by atoms with Crippen molar-refractivity contribution in [3.05, 3.63) is 0 Å². The first-order valence-corrected chi connectivity index (χ1v) is 7.85. The molecular formula is C17H37N. The summed E-state index contributed by atoms with van der Waals surface area (Å²) >= 11 is 0. The highest BCUT2D eigenvalue weighted by atomic mass is 14.9.